The Morgan fingerprint density at radius 2 is 2.08 bits per heavy atom. The Morgan fingerprint density at radius 3 is 2.92 bits per heavy atom. The molecule has 0 radical (unpaired) electrons. The van der Waals surface area contributed by atoms with Gasteiger partial charge in [-0.1, -0.05) is 18.2 Å². The van der Waals surface area contributed by atoms with Gasteiger partial charge in [-0.3, -0.25) is 9.69 Å². The molecule has 1 unspecified atom stereocenters. The molecule has 2 fully saturated rings. The molecule has 4 nitrogen and oxygen atoms in total. The van der Waals surface area contributed by atoms with Gasteiger partial charge in [-0.15, -0.1) is 11.3 Å². The molecule has 1 amide bonds. The van der Waals surface area contributed by atoms with E-state index in [1.165, 1.54) is 15.0 Å². The first-order valence-electron chi connectivity index (χ1n) is 8.90. The first-order chi connectivity index (χ1) is 11.8. The van der Waals surface area contributed by atoms with Crippen LogP contribution in [0, 0.1) is 0 Å². The number of rotatable bonds is 3. The summed E-state index contributed by atoms with van der Waals surface area (Å²) in [5, 5.41) is 1.34. The molecule has 128 valence electrons. The molecule has 2 aliphatic heterocycles. The molecule has 2 aromatic rings. The summed E-state index contributed by atoms with van der Waals surface area (Å²) in [6.07, 6.45) is 2.77. The van der Waals surface area contributed by atoms with Gasteiger partial charge in [-0.05, 0) is 36.8 Å². The van der Waals surface area contributed by atoms with Crippen molar-refractivity contribution >= 4 is 27.3 Å². The Bertz CT molecular complexity index is 675. The van der Waals surface area contributed by atoms with E-state index >= 15 is 0 Å². The van der Waals surface area contributed by atoms with Crippen molar-refractivity contribution in [3.05, 3.63) is 35.2 Å². The van der Waals surface area contributed by atoms with E-state index in [2.05, 4.69) is 35.2 Å². The summed E-state index contributed by atoms with van der Waals surface area (Å²) in [6.45, 7) is 5.42. The maximum atomic E-state index is 12.5. The first-order valence-corrected chi connectivity index (χ1v) is 9.71. The summed E-state index contributed by atoms with van der Waals surface area (Å²) in [6, 6.07) is 10.9. The Morgan fingerprint density at radius 1 is 1.17 bits per heavy atom. The molecule has 1 aromatic heterocycles. The molecule has 24 heavy (non-hydrogen) atoms. The third-order valence-electron chi connectivity index (χ3n) is 4.96. The minimum Gasteiger partial charge on any atom is -0.368 e. The van der Waals surface area contributed by atoms with Crippen LogP contribution < -0.4 is 0 Å². The lowest BCUT2D eigenvalue weighted by atomic mass is 10.2. The largest absolute Gasteiger partial charge is 0.368 e. The molecule has 3 heterocycles. The lowest BCUT2D eigenvalue weighted by Crippen LogP contribution is -2.41. The van der Waals surface area contributed by atoms with Gasteiger partial charge in [0.15, 0.2) is 0 Å². The van der Waals surface area contributed by atoms with Crippen molar-refractivity contribution < 1.29 is 9.53 Å². The molecule has 1 atom stereocenters. The van der Waals surface area contributed by atoms with Crippen molar-refractivity contribution in [2.45, 2.75) is 31.9 Å². The summed E-state index contributed by atoms with van der Waals surface area (Å²) < 4.78 is 6.92. The standard InChI is InChI=1S/C19H24N2O2S/c22-19(17-6-3-12-23-17)21-9-4-8-20(10-11-21)14-16-13-15-5-1-2-7-18(15)24-16/h1-2,5,7,13,17H,3-4,6,8-12,14H2. The van der Waals surface area contributed by atoms with Gasteiger partial charge in [0.2, 0.25) is 0 Å². The van der Waals surface area contributed by atoms with Gasteiger partial charge in [0.05, 0.1) is 0 Å². The number of benzene rings is 1. The van der Waals surface area contributed by atoms with E-state index < -0.39 is 0 Å². The molecule has 5 heteroatoms. The van der Waals surface area contributed by atoms with Gasteiger partial charge < -0.3 is 9.64 Å². The molecule has 2 aliphatic rings. The number of thiophene rings is 1. The normalized spacial score (nSPS) is 22.8. The zero-order chi connectivity index (χ0) is 16.4. The van der Waals surface area contributed by atoms with Crippen LogP contribution in [0.25, 0.3) is 10.1 Å². The summed E-state index contributed by atoms with van der Waals surface area (Å²) in [7, 11) is 0. The van der Waals surface area contributed by atoms with Crippen molar-refractivity contribution in [1.29, 1.82) is 0 Å². The van der Waals surface area contributed by atoms with Crippen molar-refractivity contribution in [3.8, 4) is 0 Å². The Hall–Kier alpha value is -1.43. The number of ether oxygens (including phenoxy) is 1. The monoisotopic (exact) mass is 344 g/mol. The van der Waals surface area contributed by atoms with Gasteiger partial charge in [0.25, 0.3) is 5.91 Å². The molecule has 0 aliphatic carbocycles. The molecule has 2 saturated heterocycles. The highest BCUT2D eigenvalue weighted by molar-refractivity contribution is 7.19. The topological polar surface area (TPSA) is 32.8 Å². The third kappa shape index (κ3) is 3.48. The highest BCUT2D eigenvalue weighted by Gasteiger charge is 2.29. The van der Waals surface area contributed by atoms with Crippen LogP contribution in [0.2, 0.25) is 0 Å². The third-order valence-corrected chi connectivity index (χ3v) is 6.06. The van der Waals surface area contributed by atoms with Crippen LogP contribution in [0.3, 0.4) is 0 Å². The first kappa shape index (κ1) is 16.1. The number of hydrogen-bond acceptors (Lipinski definition) is 4. The van der Waals surface area contributed by atoms with E-state index in [1.54, 1.807) is 0 Å². The van der Waals surface area contributed by atoms with Crippen LogP contribution in [0.15, 0.2) is 30.3 Å². The second kappa shape index (κ2) is 7.21. The van der Waals surface area contributed by atoms with E-state index in [9.17, 15) is 4.79 Å². The SMILES string of the molecule is O=C(C1CCCO1)N1CCCN(Cc2cc3ccccc3s2)CC1. The summed E-state index contributed by atoms with van der Waals surface area (Å²) in [4.78, 5) is 18.4. The second-order valence-electron chi connectivity index (χ2n) is 6.71. The average Bonchev–Trinajstić information content (AvgIpc) is 3.20. The van der Waals surface area contributed by atoms with Gasteiger partial charge in [-0.25, -0.2) is 0 Å². The highest BCUT2D eigenvalue weighted by Crippen LogP contribution is 2.26. The molecule has 0 N–H and O–H groups in total. The number of hydrogen-bond donors (Lipinski definition) is 0. The van der Waals surface area contributed by atoms with E-state index in [4.69, 9.17) is 4.74 Å². The highest BCUT2D eigenvalue weighted by atomic mass is 32.1. The summed E-state index contributed by atoms with van der Waals surface area (Å²) in [5.74, 6) is 0.205. The number of nitrogens with zero attached hydrogens (tertiary/aromatic N) is 2. The summed E-state index contributed by atoms with van der Waals surface area (Å²) >= 11 is 1.88. The van der Waals surface area contributed by atoms with Crippen LogP contribution >= 0.6 is 11.3 Å². The van der Waals surface area contributed by atoms with Crippen molar-refractivity contribution in [3.63, 3.8) is 0 Å². The van der Waals surface area contributed by atoms with Gasteiger partial charge >= 0.3 is 0 Å². The predicted molar refractivity (Wildman–Crippen MR) is 97.3 cm³/mol. The lowest BCUT2D eigenvalue weighted by molar-refractivity contribution is -0.140. The fraction of sp³-hybridized carbons (Fsp3) is 0.526. The van der Waals surface area contributed by atoms with E-state index in [0.717, 1.165) is 58.6 Å². The van der Waals surface area contributed by atoms with Crippen LogP contribution in [-0.4, -0.2) is 54.6 Å². The van der Waals surface area contributed by atoms with Crippen LogP contribution in [0.4, 0.5) is 0 Å². The smallest absolute Gasteiger partial charge is 0.251 e. The zero-order valence-electron chi connectivity index (χ0n) is 13.9. The van der Waals surface area contributed by atoms with Crippen LogP contribution in [-0.2, 0) is 16.1 Å². The Kier molecular flexibility index (Phi) is 4.83. The van der Waals surface area contributed by atoms with E-state index in [1.807, 2.05) is 16.2 Å². The number of carbonyl (C=O) groups excluding carboxylic acids is 1. The van der Waals surface area contributed by atoms with Gasteiger partial charge in [-0.2, -0.15) is 0 Å². The average molecular weight is 344 g/mol. The minimum absolute atomic E-state index is 0.181. The molecule has 0 spiro atoms. The Labute approximate surface area is 147 Å². The minimum atomic E-state index is -0.181. The summed E-state index contributed by atoms with van der Waals surface area (Å²) in [5.41, 5.74) is 0. The van der Waals surface area contributed by atoms with Crippen LogP contribution in [0.5, 0.6) is 0 Å². The molecule has 0 bridgehead atoms. The maximum absolute atomic E-state index is 12.5. The van der Waals surface area contributed by atoms with E-state index in [-0.39, 0.29) is 12.0 Å². The molecule has 4 rings (SSSR count). The van der Waals surface area contributed by atoms with Crippen molar-refractivity contribution in [2.75, 3.05) is 32.8 Å². The number of amides is 1. The van der Waals surface area contributed by atoms with E-state index in [0.29, 0.717) is 0 Å². The second-order valence-corrected chi connectivity index (χ2v) is 7.88. The fourth-order valence-electron chi connectivity index (χ4n) is 3.66. The quantitative estimate of drug-likeness (QED) is 0.858. The fourth-order valence-corrected chi connectivity index (χ4v) is 4.77. The van der Waals surface area contributed by atoms with Gasteiger partial charge in [0.1, 0.15) is 6.10 Å². The molecular formula is C19H24N2O2S. The van der Waals surface area contributed by atoms with Crippen molar-refractivity contribution in [1.82, 2.24) is 9.80 Å². The number of fused-ring (bicyclic) bond motifs is 1. The number of carbonyl (C=O) groups is 1. The predicted octanol–water partition coefficient (Wildman–Crippen LogP) is 3.11. The molecule has 0 saturated carbocycles. The molecular weight excluding hydrogens is 320 g/mol. The lowest BCUT2D eigenvalue weighted by Gasteiger charge is -2.24. The maximum Gasteiger partial charge on any atom is 0.251 e. The molecule has 1 aromatic carbocycles. The van der Waals surface area contributed by atoms with Gasteiger partial charge in [0, 0.05) is 48.9 Å². The van der Waals surface area contributed by atoms with Crippen LogP contribution in [0.1, 0.15) is 24.1 Å². The van der Waals surface area contributed by atoms with Crippen molar-refractivity contribution in [2.24, 2.45) is 0 Å². The zero-order valence-corrected chi connectivity index (χ0v) is 14.8. The Balaban J connectivity index is 1.36.